The minimum atomic E-state index is -0.475. The fraction of sp³-hybridized carbons (Fsp3) is 0.429. The lowest BCUT2D eigenvalue weighted by molar-refractivity contribution is -0.386. The zero-order valence-corrected chi connectivity index (χ0v) is 12.4. The molecule has 2 rings (SSSR count). The van der Waals surface area contributed by atoms with Crippen molar-refractivity contribution in [1.29, 1.82) is 0 Å². The van der Waals surface area contributed by atoms with Gasteiger partial charge in [-0.2, -0.15) is 4.98 Å². The monoisotopic (exact) mass is 291 g/mol. The Morgan fingerprint density at radius 1 is 1.38 bits per heavy atom. The highest BCUT2D eigenvalue weighted by Crippen LogP contribution is 2.28. The molecule has 0 aliphatic rings. The van der Waals surface area contributed by atoms with Gasteiger partial charge in [-0.1, -0.05) is 32.0 Å². The molecule has 0 amide bonds. The minimum absolute atomic E-state index is 0.00696. The minimum Gasteiger partial charge on any atom is -0.477 e. The number of hydrogen-bond acceptors (Lipinski definition) is 6. The molecule has 0 saturated carbocycles. The fourth-order valence-corrected chi connectivity index (χ4v) is 1.65. The van der Waals surface area contributed by atoms with Crippen LogP contribution in [0.3, 0.4) is 0 Å². The van der Waals surface area contributed by atoms with Crippen LogP contribution < -0.4 is 4.74 Å². The first kappa shape index (κ1) is 15.0. The van der Waals surface area contributed by atoms with Crippen LogP contribution in [0.15, 0.2) is 22.7 Å². The summed E-state index contributed by atoms with van der Waals surface area (Å²) >= 11 is 0. The summed E-state index contributed by atoms with van der Waals surface area (Å²) in [6.07, 6.45) is 0. The molecule has 0 saturated heterocycles. The van der Waals surface area contributed by atoms with E-state index in [0.29, 0.717) is 5.82 Å². The number of nitrogens with zero attached hydrogens (tertiary/aromatic N) is 3. The van der Waals surface area contributed by atoms with Crippen molar-refractivity contribution in [2.24, 2.45) is 0 Å². The Morgan fingerprint density at radius 2 is 2.10 bits per heavy atom. The van der Waals surface area contributed by atoms with Crippen LogP contribution in [0.1, 0.15) is 38.0 Å². The number of benzene rings is 1. The smallest absolute Gasteiger partial charge is 0.311 e. The second-order valence-electron chi connectivity index (χ2n) is 5.78. The van der Waals surface area contributed by atoms with Gasteiger partial charge in [0.05, 0.1) is 4.92 Å². The lowest BCUT2D eigenvalue weighted by Gasteiger charge is -2.10. The number of ether oxygens (including phenoxy) is 1. The summed E-state index contributed by atoms with van der Waals surface area (Å²) < 4.78 is 10.5. The first-order valence-electron chi connectivity index (χ1n) is 6.48. The van der Waals surface area contributed by atoms with Gasteiger partial charge in [0.2, 0.25) is 0 Å². The molecule has 1 aromatic carbocycles. The van der Waals surface area contributed by atoms with Crippen molar-refractivity contribution in [2.75, 3.05) is 0 Å². The molecular weight excluding hydrogens is 274 g/mol. The summed E-state index contributed by atoms with van der Waals surface area (Å²) in [5, 5.41) is 14.9. The molecule has 21 heavy (non-hydrogen) atoms. The van der Waals surface area contributed by atoms with Gasteiger partial charge in [0.25, 0.3) is 5.89 Å². The zero-order valence-electron chi connectivity index (χ0n) is 12.4. The van der Waals surface area contributed by atoms with E-state index in [2.05, 4.69) is 10.1 Å². The van der Waals surface area contributed by atoms with Crippen molar-refractivity contribution in [1.82, 2.24) is 10.1 Å². The van der Waals surface area contributed by atoms with E-state index in [9.17, 15) is 10.1 Å². The molecule has 0 spiro atoms. The largest absolute Gasteiger partial charge is 0.477 e. The van der Waals surface area contributed by atoms with Crippen molar-refractivity contribution in [3.63, 3.8) is 0 Å². The Balaban J connectivity index is 2.13. The van der Waals surface area contributed by atoms with Crippen molar-refractivity contribution < 1.29 is 14.2 Å². The van der Waals surface area contributed by atoms with Crippen LogP contribution in [0.25, 0.3) is 0 Å². The lowest BCUT2D eigenvalue weighted by atomic mass is 9.96. The maximum Gasteiger partial charge on any atom is 0.311 e. The SMILES string of the molecule is Cc1ccc(OCc2nc(C(C)(C)C)no2)c([N+](=O)[O-])c1. The van der Waals surface area contributed by atoms with Crippen LogP contribution in [0.5, 0.6) is 5.75 Å². The average Bonchev–Trinajstić information content (AvgIpc) is 2.85. The normalized spacial score (nSPS) is 11.4. The Hall–Kier alpha value is -2.44. The van der Waals surface area contributed by atoms with Gasteiger partial charge in [0.15, 0.2) is 18.2 Å². The maximum absolute atomic E-state index is 11.0. The van der Waals surface area contributed by atoms with E-state index in [1.807, 2.05) is 20.8 Å². The Bertz CT molecular complexity index is 658. The van der Waals surface area contributed by atoms with Gasteiger partial charge in [-0.3, -0.25) is 10.1 Å². The van der Waals surface area contributed by atoms with Gasteiger partial charge in [-0.05, 0) is 18.6 Å². The van der Waals surface area contributed by atoms with Crippen LogP contribution in [0, 0.1) is 17.0 Å². The highest BCUT2D eigenvalue weighted by molar-refractivity contribution is 5.48. The Morgan fingerprint density at radius 3 is 2.67 bits per heavy atom. The predicted molar refractivity (Wildman–Crippen MR) is 75.2 cm³/mol. The number of aromatic nitrogens is 2. The number of rotatable bonds is 4. The third-order valence-electron chi connectivity index (χ3n) is 2.80. The molecule has 0 radical (unpaired) electrons. The van der Waals surface area contributed by atoms with E-state index in [1.54, 1.807) is 19.1 Å². The molecule has 2 aromatic rings. The van der Waals surface area contributed by atoms with Gasteiger partial charge in [0.1, 0.15) is 0 Å². The molecule has 112 valence electrons. The molecule has 1 heterocycles. The summed E-state index contributed by atoms with van der Waals surface area (Å²) in [5.41, 5.74) is 0.491. The van der Waals surface area contributed by atoms with Gasteiger partial charge in [0, 0.05) is 11.5 Å². The molecule has 0 aliphatic carbocycles. The standard InChI is InChI=1S/C14H17N3O4/c1-9-5-6-11(10(7-9)17(18)19)20-8-12-15-13(16-21-12)14(2,3)4/h5-7H,8H2,1-4H3. The average molecular weight is 291 g/mol. The molecule has 0 unspecified atom stereocenters. The van der Waals surface area contributed by atoms with Crippen LogP contribution in [0.4, 0.5) is 5.69 Å². The fourth-order valence-electron chi connectivity index (χ4n) is 1.65. The van der Waals surface area contributed by atoms with Crippen molar-refractivity contribution in [3.8, 4) is 5.75 Å². The van der Waals surface area contributed by atoms with Crippen LogP contribution in [-0.2, 0) is 12.0 Å². The number of nitro groups is 1. The number of nitro benzene ring substituents is 1. The van der Waals surface area contributed by atoms with Crippen LogP contribution in [0.2, 0.25) is 0 Å². The van der Waals surface area contributed by atoms with Gasteiger partial charge >= 0.3 is 5.69 Å². The zero-order chi connectivity index (χ0) is 15.6. The topological polar surface area (TPSA) is 91.3 Å². The summed E-state index contributed by atoms with van der Waals surface area (Å²) in [5.74, 6) is 1.04. The third-order valence-corrected chi connectivity index (χ3v) is 2.80. The third kappa shape index (κ3) is 3.56. The van der Waals surface area contributed by atoms with E-state index in [4.69, 9.17) is 9.26 Å². The molecule has 0 fully saturated rings. The van der Waals surface area contributed by atoms with Crippen molar-refractivity contribution in [3.05, 3.63) is 45.6 Å². The molecule has 1 aromatic heterocycles. The van der Waals surface area contributed by atoms with Crippen molar-refractivity contribution >= 4 is 5.69 Å². The molecule has 0 aliphatic heterocycles. The first-order chi connectivity index (χ1) is 9.77. The molecule has 7 heteroatoms. The molecule has 7 nitrogen and oxygen atoms in total. The van der Waals surface area contributed by atoms with Gasteiger partial charge in [-0.15, -0.1) is 0 Å². The maximum atomic E-state index is 11.0. The van der Waals surface area contributed by atoms with Crippen LogP contribution in [-0.4, -0.2) is 15.1 Å². The van der Waals surface area contributed by atoms with Crippen molar-refractivity contribution in [2.45, 2.75) is 39.7 Å². The van der Waals surface area contributed by atoms with Crippen LogP contribution >= 0.6 is 0 Å². The summed E-state index contributed by atoms with van der Waals surface area (Å²) in [6.45, 7) is 7.67. The van der Waals surface area contributed by atoms with E-state index >= 15 is 0 Å². The second kappa shape index (κ2) is 5.51. The molecule has 0 N–H and O–H groups in total. The van der Waals surface area contributed by atoms with E-state index in [0.717, 1.165) is 5.56 Å². The summed E-state index contributed by atoms with van der Waals surface area (Å²) in [6, 6.07) is 4.77. The van der Waals surface area contributed by atoms with E-state index in [-0.39, 0.29) is 29.3 Å². The van der Waals surface area contributed by atoms with E-state index in [1.165, 1.54) is 6.07 Å². The predicted octanol–water partition coefficient (Wildman–Crippen LogP) is 3.16. The highest BCUT2D eigenvalue weighted by atomic mass is 16.6. The van der Waals surface area contributed by atoms with Gasteiger partial charge in [-0.25, -0.2) is 0 Å². The van der Waals surface area contributed by atoms with Gasteiger partial charge < -0.3 is 9.26 Å². The summed E-state index contributed by atoms with van der Waals surface area (Å²) in [4.78, 5) is 14.7. The highest BCUT2D eigenvalue weighted by Gasteiger charge is 2.22. The molecular formula is C14H17N3O4. The molecule has 0 atom stereocenters. The van der Waals surface area contributed by atoms with E-state index < -0.39 is 4.92 Å². The second-order valence-corrected chi connectivity index (χ2v) is 5.78. The number of hydrogen-bond donors (Lipinski definition) is 0. The summed E-state index contributed by atoms with van der Waals surface area (Å²) in [7, 11) is 0. The lowest BCUT2D eigenvalue weighted by Crippen LogP contribution is -2.13. The number of aryl methyl sites for hydroxylation is 1. The quantitative estimate of drug-likeness (QED) is 0.634. The molecule has 0 bridgehead atoms. The Kier molecular flexibility index (Phi) is 3.93. The first-order valence-corrected chi connectivity index (χ1v) is 6.48. The Labute approximate surface area is 122 Å².